The number of aromatic nitrogens is 1. The van der Waals surface area contributed by atoms with E-state index in [9.17, 15) is 59.1 Å². The van der Waals surface area contributed by atoms with E-state index in [4.69, 9.17) is 21.1 Å². The van der Waals surface area contributed by atoms with Crippen LogP contribution in [0.2, 0.25) is 5.02 Å². The third kappa shape index (κ3) is 19.3. The summed E-state index contributed by atoms with van der Waals surface area (Å²) in [5.74, 6) is -1.04. The molecule has 0 spiro atoms. The van der Waals surface area contributed by atoms with Crippen molar-refractivity contribution in [2.24, 2.45) is 10.8 Å². The molecule has 5 aromatic carbocycles. The van der Waals surface area contributed by atoms with Gasteiger partial charge in [0.1, 0.15) is 41.8 Å². The number of allylic oxidation sites excluding steroid dienone is 1. The van der Waals surface area contributed by atoms with E-state index in [1.807, 2.05) is 86.2 Å². The molecule has 3 fully saturated rings. The zero-order chi connectivity index (χ0) is 76.2. The number of halogens is 4. The van der Waals surface area contributed by atoms with E-state index in [-0.39, 0.29) is 72.7 Å². The van der Waals surface area contributed by atoms with Gasteiger partial charge in [-0.05, 0) is 139 Å². The first kappa shape index (κ1) is 78.8. The Morgan fingerprint density at radius 2 is 1.57 bits per heavy atom. The number of benzene rings is 5. The van der Waals surface area contributed by atoms with Crippen LogP contribution >= 0.6 is 34.7 Å². The number of piperazine rings is 2. The maximum absolute atomic E-state index is 14.7. The number of nitrogens with zero attached hydrogens (tertiary/aromatic N) is 6. The highest BCUT2D eigenvalue weighted by molar-refractivity contribution is 7.99. The number of thiazole rings is 1. The van der Waals surface area contributed by atoms with Crippen LogP contribution in [0.25, 0.3) is 16.0 Å². The number of hydrogen-bond acceptors (Lipinski definition) is 19. The van der Waals surface area contributed by atoms with Gasteiger partial charge in [0.05, 0.1) is 50.9 Å². The second-order valence-corrected chi connectivity index (χ2v) is 36.3. The van der Waals surface area contributed by atoms with E-state index in [0.29, 0.717) is 106 Å². The Hall–Kier alpha value is -7.77. The maximum Gasteiger partial charge on any atom is 0.501 e. The number of anilines is 2. The minimum absolute atomic E-state index is 0.0113. The fraction of sp³-hybridized carbons (Fsp3) is 0.481. The molecular formula is C77H92ClF3N10O12S4. The number of thioether (sulfide) groups is 1. The fourth-order valence-electron chi connectivity index (χ4n) is 14.9. The van der Waals surface area contributed by atoms with Crippen molar-refractivity contribution in [1.82, 2.24) is 39.9 Å². The molecule has 3 saturated heterocycles. The third-order valence-corrected chi connectivity index (χ3v) is 25.9. The van der Waals surface area contributed by atoms with Gasteiger partial charge in [-0.3, -0.25) is 33.8 Å². The van der Waals surface area contributed by atoms with Gasteiger partial charge in [0.25, 0.3) is 25.8 Å². The molecule has 22 nitrogen and oxygen atoms in total. The second-order valence-electron chi connectivity index (χ2n) is 30.3. The van der Waals surface area contributed by atoms with Gasteiger partial charge in [0.15, 0.2) is 0 Å². The quantitative estimate of drug-likeness (QED) is 0.0249. The standard InChI is InChI=1S/C77H92ClF3N10O12S4/c1-75(2,3)72(74(97)91-44-56(92)39-67(91)84-69(94)37-49-16-23-60-64(36-49)103-46-62-71(60)105-48-82-62)85-68(93)14-10-7-11-15-70(95)89-33-30-87(31-34-89)29-27-54(47-104-57-12-8-6-9-13-57)83-61-24-22-58(40-66(61)106(98,99)77(79,80)81)107(100,101)86-73(96)51-19-25-63-65(38-51)102-45-55-43-88(32-35-90(55)63)42-52-41-76(4,5)28-26-59(52)50-17-20-53(78)21-18-50/h6,8-9,12-13,16-25,36,38,40,48,54-56,67,72,83,92H,7,10-11,14-15,26-35,37,39,41-47H2,1-5H3,(H,84,94)(H,85,93)(H,86,96)/t54-,55+,56-,67+,72-/m1/s1. The van der Waals surface area contributed by atoms with Crippen molar-refractivity contribution in [1.29, 1.82) is 0 Å². The Balaban J connectivity index is 0.613. The van der Waals surface area contributed by atoms with Crippen molar-refractivity contribution in [3.63, 3.8) is 0 Å². The number of amides is 5. The van der Waals surface area contributed by atoms with Crippen LogP contribution in [0.1, 0.15) is 126 Å². The summed E-state index contributed by atoms with van der Waals surface area (Å²) in [4.78, 5) is 82.5. The minimum Gasteiger partial charge on any atom is -0.489 e. The summed E-state index contributed by atoms with van der Waals surface area (Å²) in [7, 11) is -11.2. The molecule has 5 aliphatic heterocycles. The van der Waals surface area contributed by atoms with Crippen LogP contribution in [-0.4, -0.2) is 190 Å². The predicted molar refractivity (Wildman–Crippen MR) is 406 cm³/mol. The lowest BCUT2D eigenvalue weighted by Gasteiger charge is -2.46. The lowest BCUT2D eigenvalue weighted by molar-refractivity contribution is -0.141. The number of nitrogens with one attached hydrogen (secondary N) is 4. The summed E-state index contributed by atoms with van der Waals surface area (Å²) in [6.45, 7) is 15.7. The summed E-state index contributed by atoms with van der Waals surface area (Å²) in [5.41, 5.74) is 1.91. The van der Waals surface area contributed by atoms with Gasteiger partial charge in [0, 0.05) is 118 Å². The zero-order valence-electron chi connectivity index (χ0n) is 60.6. The van der Waals surface area contributed by atoms with E-state index >= 15 is 0 Å². The van der Waals surface area contributed by atoms with Crippen molar-refractivity contribution < 1.29 is 68.6 Å². The number of aliphatic hydroxyl groups excluding tert-OH is 1. The topological polar surface area (TPSA) is 270 Å². The van der Waals surface area contributed by atoms with E-state index in [0.717, 1.165) is 77.7 Å². The predicted octanol–water partition coefficient (Wildman–Crippen LogP) is 11.2. The molecule has 30 heteroatoms. The smallest absolute Gasteiger partial charge is 0.489 e. The molecule has 0 bridgehead atoms. The number of sulfone groups is 1. The Bertz CT molecular complexity index is 4540. The number of β-amino-alcohol motifs (C(OH)–C–C–N with tert-alkyl or cyclic N) is 1. The molecule has 5 amide bonds. The average Bonchev–Trinajstić information content (AvgIpc) is 1.57. The average molecular weight is 1570 g/mol. The number of rotatable bonds is 26. The normalized spacial score (nSPS) is 19.6. The molecule has 0 saturated carbocycles. The Kier molecular flexibility index (Phi) is 24.5. The Morgan fingerprint density at radius 3 is 2.32 bits per heavy atom. The van der Waals surface area contributed by atoms with Gasteiger partial charge in [-0.25, -0.2) is 26.5 Å². The number of fused-ring (bicyclic) bond motifs is 6. The number of unbranched alkanes of at least 4 members (excludes halogenated alkanes) is 2. The van der Waals surface area contributed by atoms with Gasteiger partial charge >= 0.3 is 5.51 Å². The minimum atomic E-state index is -6.21. The number of likely N-dealkylation sites (tertiary alicyclic amines) is 1. The van der Waals surface area contributed by atoms with Crippen LogP contribution in [0.4, 0.5) is 24.5 Å². The van der Waals surface area contributed by atoms with Crippen molar-refractivity contribution >= 4 is 101 Å². The van der Waals surface area contributed by atoms with Crippen molar-refractivity contribution in [2.45, 2.75) is 162 Å². The lowest BCUT2D eigenvalue weighted by atomic mass is 9.72. The molecule has 6 heterocycles. The van der Waals surface area contributed by atoms with Crippen molar-refractivity contribution in [2.75, 3.05) is 88.0 Å². The SMILES string of the molecule is CC1(C)CCC(c2ccc(Cl)cc2)=C(CN2CCN3c4ccc(C(=O)NS(=O)(=O)c5ccc(N[C@H](CCN6CCN(C(=O)CCCCCC(=O)N[C@H](C(=O)N7C[C@H](O)C[C@H]7NC(=O)Cc7ccc8c(c7)OCc7ncsc7-8)C(C)(C)C)CC6)CSc6ccccc6)c(S(=O)(=O)C(F)(F)F)c5)cc4OC[C@@H]3C2)C1. The number of hydrogen-bond donors (Lipinski definition) is 5. The van der Waals surface area contributed by atoms with Gasteiger partial charge in [-0.2, -0.15) is 13.2 Å². The number of carbonyl (C=O) groups is 5. The molecule has 6 aliphatic rings. The number of ether oxygens (including phenoxy) is 2. The number of sulfonamides is 1. The molecule has 107 heavy (non-hydrogen) atoms. The third-order valence-electron chi connectivity index (χ3n) is 20.7. The van der Waals surface area contributed by atoms with E-state index in [1.54, 1.807) is 16.5 Å². The summed E-state index contributed by atoms with van der Waals surface area (Å²) in [6, 6.07) is 28.0. The van der Waals surface area contributed by atoms with Crippen molar-refractivity contribution in [3.8, 4) is 21.9 Å². The molecule has 5 atom stereocenters. The first-order valence-electron chi connectivity index (χ1n) is 36.3. The number of aliphatic hydroxyl groups is 1. The van der Waals surface area contributed by atoms with Crippen LogP contribution in [0.5, 0.6) is 11.5 Å². The number of alkyl halides is 3. The van der Waals surface area contributed by atoms with Gasteiger partial charge in [0.2, 0.25) is 23.6 Å². The molecule has 12 rings (SSSR count). The molecule has 574 valence electrons. The van der Waals surface area contributed by atoms with E-state index < -0.39 is 82.4 Å². The summed E-state index contributed by atoms with van der Waals surface area (Å²) in [6.07, 6.45) is 3.59. The largest absolute Gasteiger partial charge is 0.501 e. The first-order chi connectivity index (χ1) is 50.8. The lowest BCUT2D eigenvalue weighted by Crippen LogP contribution is -2.58. The Morgan fingerprint density at radius 1 is 0.822 bits per heavy atom. The molecule has 0 unspecified atom stereocenters. The highest BCUT2D eigenvalue weighted by Crippen LogP contribution is 2.45. The summed E-state index contributed by atoms with van der Waals surface area (Å²) < 4.78 is 113. The van der Waals surface area contributed by atoms with Crippen LogP contribution < -0.4 is 35.0 Å². The monoisotopic (exact) mass is 1570 g/mol. The van der Waals surface area contributed by atoms with Crippen LogP contribution in [-0.2, 0) is 52.1 Å². The molecule has 0 radical (unpaired) electrons. The first-order valence-corrected chi connectivity index (χ1v) is 41.5. The van der Waals surface area contributed by atoms with Crippen LogP contribution in [0, 0.1) is 10.8 Å². The zero-order valence-corrected chi connectivity index (χ0v) is 64.6. The number of carbonyl (C=O) groups excluding carboxylic acids is 5. The summed E-state index contributed by atoms with van der Waals surface area (Å²) in [5, 5.41) is 20.3. The highest BCUT2D eigenvalue weighted by Gasteiger charge is 2.49. The fourth-order valence-corrected chi connectivity index (χ4v) is 18.9. The molecular weight excluding hydrogens is 1480 g/mol. The van der Waals surface area contributed by atoms with Crippen LogP contribution in [0.15, 0.2) is 135 Å². The molecule has 1 aromatic heterocycles. The van der Waals surface area contributed by atoms with Gasteiger partial charge in [-0.15, -0.1) is 23.1 Å². The summed E-state index contributed by atoms with van der Waals surface area (Å²) >= 11 is 9.16. The van der Waals surface area contributed by atoms with E-state index in [2.05, 4.69) is 61.6 Å². The highest BCUT2D eigenvalue weighted by atomic mass is 35.5. The molecule has 1 aliphatic carbocycles. The van der Waals surface area contributed by atoms with Crippen LogP contribution in [0.3, 0.4) is 0 Å². The maximum atomic E-state index is 14.7. The Labute approximate surface area is 636 Å². The van der Waals surface area contributed by atoms with Crippen molar-refractivity contribution in [3.05, 3.63) is 148 Å². The van der Waals surface area contributed by atoms with Gasteiger partial charge in [-0.1, -0.05) is 94.6 Å². The van der Waals surface area contributed by atoms with Gasteiger partial charge < -0.3 is 45.2 Å². The molecule has 5 N–H and O–H groups in total. The van der Waals surface area contributed by atoms with E-state index in [1.165, 1.54) is 56.8 Å². The molecule has 6 aromatic rings. The second kappa shape index (κ2) is 33.2.